The average Bonchev–Trinajstić information content (AvgIpc) is 3.25. The molecule has 0 aliphatic heterocycles. The van der Waals surface area contributed by atoms with Gasteiger partial charge in [0.25, 0.3) is 0 Å². The highest BCUT2D eigenvalue weighted by atomic mass is 16.5. The zero-order chi connectivity index (χ0) is 20.8. The van der Waals surface area contributed by atoms with Crippen molar-refractivity contribution in [1.82, 2.24) is 15.0 Å². The molecular formula is C24H29N5O. The normalized spacial score (nSPS) is 14.1. The number of hydrogen-bond acceptors (Lipinski definition) is 6. The molecule has 0 amide bonds. The summed E-state index contributed by atoms with van der Waals surface area (Å²) in [7, 11) is 0. The van der Waals surface area contributed by atoms with Gasteiger partial charge in [0.2, 0.25) is 5.95 Å². The Balaban J connectivity index is 1.38. The highest BCUT2D eigenvalue weighted by Gasteiger charge is 2.18. The number of anilines is 4. The van der Waals surface area contributed by atoms with Gasteiger partial charge in [-0.15, -0.1) is 0 Å². The summed E-state index contributed by atoms with van der Waals surface area (Å²) in [5.74, 6) is 1.99. The molecule has 2 N–H and O–H groups in total. The second kappa shape index (κ2) is 9.57. The largest absolute Gasteiger partial charge is 0.487 e. The van der Waals surface area contributed by atoms with Gasteiger partial charge in [0, 0.05) is 11.9 Å². The number of pyridine rings is 1. The van der Waals surface area contributed by atoms with Crippen molar-refractivity contribution in [1.29, 1.82) is 0 Å². The van der Waals surface area contributed by atoms with Crippen molar-refractivity contribution >= 4 is 23.0 Å². The molecule has 0 radical (unpaired) electrons. The van der Waals surface area contributed by atoms with E-state index in [1.165, 1.54) is 18.4 Å². The lowest BCUT2D eigenvalue weighted by molar-refractivity contribution is 0.210. The quantitative estimate of drug-likeness (QED) is 0.489. The van der Waals surface area contributed by atoms with Crippen molar-refractivity contribution in [2.24, 2.45) is 5.92 Å². The van der Waals surface area contributed by atoms with E-state index in [1.54, 1.807) is 24.8 Å². The van der Waals surface area contributed by atoms with Gasteiger partial charge in [-0.2, -0.15) is 0 Å². The van der Waals surface area contributed by atoms with Crippen LogP contribution in [0.5, 0.6) is 5.75 Å². The van der Waals surface area contributed by atoms with Crippen molar-refractivity contribution in [3.05, 3.63) is 60.7 Å². The molecule has 6 nitrogen and oxygen atoms in total. The maximum Gasteiger partial charge on any atom is 0.227 e. The highest BCUT2D eigenvalue weighted by Crippen LogP contribution is 2.30. The van der Waals surface area contributed by atoms with E-state index >= 15 is 0 Å². The molecule has 1 saturated carbocycles. The van der Waals surface area contributed by atoms with E-state index in [0.29, 0.717) is 11.9 Å². The second-order valence-electron chi connectivity index (χ2n) is 8.24. The fourth-order valence-electron chi connectivity index (χ4n) is 3.70. The van der Waals surface area contributed by atoms with Gasteiger partial charge < -0.3 is 15.4 Å². The van der Waals surface area contributed by atoms with E-state index in [9.17, 15) is 0 Å². The smallest absolute Gasteiger partial charge is 0.227 e. The van der Waals surface area contributed by atoms with Crippen LogP contribution in [0.4, 0.5) is 23.0 Å². The third kappa shape index (κ3) is 5.47. The van der Waals surface area contributed by atoms with Crippen LogP contribution in [-0.2, 0) is 6.42 Å². The monoisotopic (exact) mass is 403 g/mol. The molecule has 1 fully saturated rings. The lowest BCUT2D eigenvalue weighted by atomic mass is 10.0. The Bertz CT molecular complexity index is 935. The summed E-state index contributed by atoms with van der Waals surface area (Å²) in [4.78, 5) is 13.1. The van der Waals surface area contributed by atoms with E-state index in [0.717, 1.165) is 42.1 Å². The van der Waals surface area contributed by atoms with Crippen LogP contribution in [0.25, 0.3) is 0 Å². The summed E-state index contributed by atoms with van der Waals surface area (Å²) in [6.07, 6.45) is 13.1. The zero-order valence-electron chi connectivity index (χ0n) is 17.6. The minimum absolute atomic E-state index is 0.282. The summed E-state index contributed by atoms with van der Waals surface area (Å²) < 4.78 is 6.14. The van der Waals surface area contributed by atoms with Gasteiger partial charge in [-0.25, -0.2) is 9.97 Å². The van der Waals surface area contributed by atoms with Crippen LogP contribution in [0.3, 0.4) is 0 Å². The number of aromatic nitrogens is 3. The first-order valence-electron chi connectivity index (χ1n) is 10.7. The number of benzene rings is 1. The first-order valence-corrected chi connectivity index (χ1v) is 10.7. The molecule has 2 heterocycles. The molecule has 0 bridgehead atoms. The third-order valence-corrected chi connectivity index (χ3v) is 5.17. The Morgan fingerprint density at radius 2 is 1.67 bits per heavy atom. The Kier molecular flexibility index (Phi) is 6.42. The molecule has 0 saturated heterocycles. The summed E-state index contributed by atoms with van der Waals surface area (Å²) >= 11 is 0. The van der Waals surface area contributed by atoms with Gasteiger partial charge >= 0.3 is 0 Å². The molecule has 156 valence electrons. The van der Waals surface area contributed by atoms with Gasteiger partial charge in [0.15, 0.2) is 5.75 Å². The summed E-state index contributed by atoms with van der Waals surface area (Å²) in [6.45, 7) is 4.46. The Hall–Kier alpha value is -3.15. The molecule has 1 aromatic carbocycles. The molecule has 0 spiro atoms. The minimum Gasteiger partial charge on any atom is -0.487 e. The van der Waals surface area contributed by atoms with Gasteiger partial charge in [-0.3, -0.25) is 4.98 Å². The minimum atomic E-state index is 0.282. The fourth-order valence-corrected chi connectivity index (χ4v) is 3.70. The maximum atomic E-state index is 6.14. The average molecular weight is 404 g/mol. The van der Waals surface area contributed by atoms with E-state index in [-0.39, 0.29) is 6.10 Å². The van der Waals surface area contributed by atoms with Crippen LogP contribution in [0.15, 0.2) is 55.1 Å². The first-order chi connectivity index (χ1) is 14.7. The molecule has 1 aliphatic carbocycles. The topological polar surface area (TPSA) is 72.0 Å². The molecule has 3 aromatic rings. The molecule has 6 heteroatoms. The fraction of sp³-hybridized carbons (Fsp3) is 0.375. The number of nitrogens with one attached hydrogen (secondary N) is 2. The van der Waals surface area contributed by atoms with Crippen LogP contribution in [0.2, 0.25) is 0 Å². The van der Waals surface area contributed by atoms with Crippen LogP contribution in [0.1, 0.15) is 45.1 Å². The molecule has 30 heavy (non-hydrogen) atoms. The second-order valence-corrected chi connectivity index (χ2v) is 8.24. The predicted molar refractivity (Wildman–Crippen MR) is 121 cm³/mol. The third-order valence-electron chi connectivity index (χ3n) is 5.17. The Morgan fingerprint density at radius 1 is 0.933 bits per heavy atom. The van der Waals surface area contributed by atoms with Crippen molar-refractivity contribution in [3.63, 3.8) is 0 Å². The van der Waals surface area contributed by atoms with Crippen molar-refractivity contribution in [2.45, 2.75) is 52.1 Å². The van der Waals surface area contributed by atoms with Crippen molar-refractivity contribution in [2.75, 3.05) is 10.6 Å². The molecular weight excluding hydrogens is 374 g/mol. The molecule has 4 rings (SSSR count). The van der Waals surface area contributed by atoms with Crippen LogP contribution < -0.4 is 15.4 Å². The zero-order valence-corrected chi connectivity index (χ0v) is 17.6. The number of ether oxygens (including phenoxy) is 1. The Morgan fingerprint density at radius 3 is 2.37 bits per heavy atom. The Labute approximate surface area is 178 Å². The van der Waals surface area contributed by atoms with Crippen LogP contribution in [-0.4, -0.2) is 21.1 Å². The lowest BCUT2D eigenvalue weighted by Gasteiger charge is -2.16. The number of hydrogen-bond donors (Lipinski definition) is 2. The molecule has 0 atom stereocenters. The predicted octanol–water partition coefficient (Wildman–Crippen LogP) is 5.88. The van der Waals surface area contributed by atoms with Gasteiger partial charge in [0.05, 0.1) is 36.1 Å². The SMILES string of the molecule is CC(C)Cc1ccc(Nc2ncc(Nc3ccncc3OC3CCCC3)cn2)cc1. The summed E-state index contributed by atoms with van der Waals surface area (Å²) in [5, 5.41) is 6.60. The summed E-state index contributed by atoms with van der Waals surface area (Å²) in [5.41, 5.74) is 3.99. The van der Waals surface area contributed by atoms with Crippen LogP contribution in [0, 0.1) is 5.92 Å². The lowest BCUT2D eigenvalue weighted by Crippen LogP contribution is -2.12. The van der Waals surface area contributed by atoms with Gasteiger partial charge in [-0.05, 0) is 61.8 Å². The maximum absolute atomic E-state index is 6.14. The number of nitrogens with zero attached hydrogens (tertiary/aromatic N) is 3. The van der Waals surface area contributed by atoms with E-state index < -0.39 is 0 Å². The molecule has 1 aliphatic rings. The number of rotatable bonds is 8. The van der Waals surface area contributed by atoms with E-state index in [1.807, 2.05) is 6.07 Å². The standard InChI is InChI=1S/C24H29N5O/c1-17(2)13-18-7-9-19(10-8-18)29-24-26-14-20(15-27-24)28-22-11-12-25-16-23(22)30-21-5-3-4-6-21/h7-12,14-17,21H,3-6,13H2,1-2H3,(H,25,28)(H,26,27,29). The van der Waals surface area contributed by atoms with E-state index in [4.69, 9.17) is 4.74 Å². The van der Waals surface area contributed by atoms with Gasteiger partial charge in [0.1, 0.15) is 0 Å². The molecule has 2 aromatic heterocycles. The van der Waals surface area contributed by atoms with Gasteiger partial charge in [-0.1, -0.05) is 26.0 Å². The molecule has 0 unspecified atom stereocenters. The van der Waals surface area contributed by atoms with Crippen LogP contribution >= 0.6 is 0 Å². The highest BCUT2D eigenvalue weighted by molar-refractivity contribution is 5.65. The van der Waals surface area contributed by atoms with Crippen molar-refractivity contribution in [3.8, 4) is 5.75 Å². The van der Waals surface area contributed by atoms with Crippen molar-refractivity contribution < 1.29 is 4.74 Å². The van der Waals surface area contributed by atoms with E-state index in [2.05, 4.69) is 63.7 Å². The summed E-state index contributed by atoms with van der Waals surface area (Å²) in [6, 6.07) is 10.3. The first kappa shape index (κ1) is 20.1.